The van der Waals surface area contributed by atoms with Crippen LogP contribution in [0.2, 0.25) is 0 Å². The molecule has 3 aromatic rings. The van der Waals surface area contributed by atoms with Gasteiger partial charge in [0, 0.05) is 31.4 Å². The first-order chi connectivity index (χ1) is 14.8. The number of nitrogens with one attached hydrogen (secondary N) is 2. The fourth-order valence-corrected chi connectivity index (χ4v) is 3.76. The number of halogens is 1. The molecule has 1 aromatic heterocycles. The molecular formula is C23H30IN7. The third-order valence-electron chi connectivity index (χ3n) is 5.22. The number of aliphatic imine (C=N–C) groups is 1. The summed E-state index contributed by atoms with van der Waals surface area (Å²) in [5, 5.41) is 11.2. The lowest BCUT2D eigenvalue weighted by atomic mass is 10.1. The standard InChI is InChI=1S/C23H29N7.HI/c1-2-25-23(28-21-11-12-29(16-21)22-9-4-3-5-10-22)26-14-19-7-6-8-20(13-19)15-30-18-24-17-27-30;/h3-10,13,17-18,21H,2,11-12,14-16H2,1H3,(H2,25,26,28);1H. The average Bonchev–Trinajstić information content (AvgIpc) is 3.45. The fraction of sp³-hybridized carbons (Fsp3) is 0.348. The second kappa shape index (κ2) is 11.7. The molecule has 2 N–H and O–H groups in total. The van der Waals surface area contributed by atoms with Gasteiger partial charge < -0.3 is 15.5 Å². The van der Waals surface area contributed by atoms with Crippen LogP contribution in [0.1, 0.15) is 24.5 Å². The highest BCUT2D eigenvalue weighted by atomic mass is 127. The van der Waals surface area contributed by atoms with Crippen molar-refractivity contribution in [2.24, 2.45) is 4.99 Å². The average molecular weight is 531 g/mol. The normalized spacial score (nSPS) is 16.1. The first kappa shape index (κ1) is 23.1. The molecule has 0 saturated carbocycles. The lowest BCUT2D eigenvalue weighted by Crippen LogP contribution is -2.44. The summed E-state index contributed by atoms with van der Waals surface area (Å²) in [6, 6.07) is 19.5. The molecule has 1 aliphatic rings. The molecule has 2 heterocycles. The molecule has 4 rings (SSSR count). The van der Waals surface area contributed by atoms with Gasteiger partial charge >= 0.3 is 0 Å². The van der Waals surface area contributed by atoms with Gasteiger partial charge in [0.05, 0.1) is 13.1 Å². The van der Waals surface area contributed by atoms with Crippen LogP contribution in [0.3, 0.4) is 0 Å². The quantitative estimate of drug-likeness (QED) is 0.278. The Balaban J connectivity index is 0.00000272. The zero-order valence-electron chi connectivity index (χ0n) is 17.8. The van der Waals surface area contributed by atoms with Gasteiger partial charge in [0.1, 0.15) is 12.7 Å². The Labute approximate surface area is 201 Å². The van der Waals surface area contributed by atoms with Gasteiger partial charge in [-0.05, 0) is 36.6 Å². The summed E-state index contributed by atoms with van der Waals surface area (Å²) in [4.78, 5) is 11.3. The second-order valence-corrected chi connectivity index (χ2v) is 7.52. The third-order valence-corrected chi connectivity index (χ3v) is 5.22. The smallest absolute Gasteiger partial charge is 0.191 e. The van der Waals surface area contributed by atoms with Crippen molar-refractivity contribution in [1.29, 1.82) is 0 Å². The number of hydrogen-bond acceptors (Lipinski definition) is 4. The van der Waals surface area contributed by atoms with Gasteiger partial charge in [-0.2, -0.15) is 5.10 Å². The SMILES string of the molecule is CCNC(=NCc1cccc(Cn2cncn2)c1)NC1CCN(c2ccccc2)C1.I. The summed E-state index contributed by atoms with van der Waals surface area (Å²) < 4.78 is 1.83. The maximum atomic E-state index is 4.82. The van der Waals surface area contributed by atoms with Crippen LogP contribution in [0.25, 0.3) is 0 Å². The summed E-state index contributed by atoms with van der Waals surface area (Å²) in [7, 11) is 0. The predicted molar refractivity (Wildman–Crippen MR) is 136 cm³/mol. The van der Waals surface area contributed by atoms with E-state index in [1.54, 1.807) is 12.7 Å². The molecule has 0 spiro atoms. The van der Waals surface area contributed by atoms with Gasteiger partial charge in [-0.3, -0.25) is 0 Å². The summed E-state index contributed by atoms with van der Waals surface area (Å²) in [6.45, 7) is 6.34. The third kappa shape index (κ3) is 6.68. The molecule has 2 aromatic carbocycles. The van der Waals surface area contributed by atoms with Crippen molar-refractivity contribution < 1.29 is 0 Å². The van der Waals surface area contributed by atoms with Crippen molar-refractivity contribution in [1.82, 2.24) is 25.4 Å². The molecule has 31 heavy (non-hydrogen) atoms. The van der Waals surface area contributed by atoms with Crippen molar-refractivity contribution >= 4 is 35.6 Å². The van der Waals surface area contributed by atoms with Gasteiger partial charge in [-0.1, -0.05) is 42.5 Å². The van der Waals surface area contributed by atoms with E-state index in [-0.39, 0.29) is 24.0 Å². The first-order valence-electron chi connectivity index (χ1n) is 10.5. The highest BCUT2D eigenvalue weighted by molar-refractivity contribution is 14.0. The topological polar surface area (TPSA) is 70.4 Å². The fourth-order valence-electron chi connectivity index (χ4n) is 3.76. The van der Waals surface area contributed by atoms with Gasteiger partial charge in [-0.25, -0.2) is 14.7 Å². The Morgan fingerprint density at radius 3 is 2.74 bits per heavy atom. The largest absolute Gasteiger partial charge is 0.369 e. The second-order valence-electron chi connectivity index (χ2n) is 7.52. The van der Waals surface area contributed by atoms with E-state index in [0.717, 1.165) is 32.0 Å². The van der Waals surface area contributed by atoms with Gasteiger partial charge in [-0.15, -0.1) is 24.0 Å². The van der Waals surface area contributed by atoms with E-state index in [4.69, 9.17) is 4.99 Å². The number of guanidine groups is 1. The minimum absolute atomic E-state index is 0. The van der Waals surface area contributed by atoms with Crippen molar-refractivity contribution in [3.63, 3.8) is 0 Å². The zero-order valence-corrected chi connectivity index (χ0v) is 20.1. The summed E-state index contributed by atoms with van der Waals surface area (Å²) in [5.74, 6) is 0.874. The Bertz CT molecular complexity index is 944. The summed E-state index contributed by atoms with van der Waals surface area (Å²) >= 11 is 0. The Hall–Kier alpha value is -2.62. The molecule has 8 heteroatoms. The van der Waals surface area contributed by atoms with Crippen LogP contribution in [-0.2, 0) is 13.1 Å². The van der Waals surface area contributed by atoms with Gasteiger partial charge in [0.2, 0.25) is 0 Å². The lowest BCUT2D eigenvalue weighted by molar-refractivity contribution is 0.649. The molecule has 1 unspecified atom stereocenters. The molecule has 1 aliphatic heterocycles. The zero-order chi connectivity index (χ0) is 20.6. The van der Waals surface area contributed by atoms with E-state index in [0.29, 0.717) is 19.1 Å². The summed E-state index contributed by atoms with van der Waals surface area (Å²) in [6.07, 6.45) is 4.40. The van der Waals surface area contributed by atoms with Crippen LogP contribution in [0.5, 0.6) is 0 Å². The molecule has 0 aliphatic carbocycles. The van der Waals surface area contributed by atoms with Crippen LogP contribution >= 0.6 is 24.0 Å². The van der Waals surface area contributed by atoms with E-state index in [9.17, 15) is 0 Å². The minimum Gasteiger partial charge on any atom is -0.369 e. The number of anilines is 1. The minimum atomic E-state index is 0. The Morgan fingerprint density at radius 1 is 1.13 bits per heavy atom. The van der Waals surface area contributed by atoms with Gasteiger partial charge in [0.25, 0.3) is 0 Å². The van der Waals surface area contributed by atoms with Crippen molar-refractivity contribution in [3.8, 4) is 0 Å². The molecule has 7 nitrogen and oxygen atoms in total. The van der Waals surface area contributed by atoms with Crippen molar-refractivity contribution in [2.75, 3.05) is 24.5 Å². The Kier molecular flexibility index (Phi) is 8.69. The first-order valence-corrected chi connectivity index (χ1v) is 10.5. The number of aromatic nitrogens is 3. The number of para-hydroxylation sites is 1. The predicted octanol–water partition coefficient (Wildman–Crippen LogP) is 3.28. The number of benzene rings is 2. The van der Waals surface area contributed by atoms with Crippen molar-refractivity contribution in [3.05, 3.63) is 78.4 Å². The molecule has 0 bridgehead atoms. The number of hydrogen-bond donors (Lipinski definition) is 2. The summed E-state index contributed by atoms with van der Waals surface area (Å²) in [5.41, 5.74) is 3.66. The van der Waals surface area contributed by atoms with Crippen LogP contribution in [0.15, 0.2) is 72.2 Å². The maximum Gasteiger partial charge on any atom is 0.191 e. The highest BCUT2D eigenvalue weighted by Gasteiger charge is 2.23. The van der Waals surface area contributed by atoms with Gasteiger partial charge in [0.15, 0.2) is 5.96 Å². The lowest BCUT2D eigenvalue weighted by Gasteiger charge is -2.20. The maximum absolute atomic E-state index is 4.82. The van der Waals surface area contributed by atoms with Crippen LogP contribution in [0, 0.1) is 0 Å². The van der Waals surface area contributed by atoms with E-state index in [1.807, 2.05) is 4.68 Å². The van der Waals surface area contributed by atoms with E-state index >= 15 is 0 Å². The molecule has 1 atom stereocenters. The van der Waals surface area contributed by atoms with E-state index in [1.165, 1.54) is 16.8 Å². The highest BCUT2D eigenvalue weighted by Crippen LogP contribution is 2.19. The number of rotatable bonds is 7. The number of nitrogens with zero attached hydrogens (tertiary/aromatic N) is 5. The van der Waals surface area contributed by atoms with E-state index < -0.39 is 0 Å². The molecule has 1 fully saturated rings. The van der Waals surface area contributed by atoms with Crippen LogP contribution < -0.4 is 15.5 Å². The molecular weight excluding hydrogens is 501 g/mol. The molecule has 164 valence electrons. The molecule has 1 saturated heterocycles. The monoisotopic (exact) mass is 531 g/mol. The van der Waals surface area contributed by atoms with Crippen LogP contribution in [0.4, 0.5) is 5.69 Å². The van der Waals surface area contributed by atoms with Crippen LogP contribution in [-0.4, -0.2) is 46.4 Å². The molecule has 0 radical (unpaired) electrons. The van der Waals surface area contributed by atoms with Crippen molar-refractivity contribution in [2.45, 2.75) is 32.5 Å². The van der Waals surface area contributed by atoms with E-state index in [2.05, 4.69) is 87.1 Å². The Morgan fingerprint density at radius 2 is 1.97 bits per heavy atom. The molecule has 0 amide bonds.